The number of aromatic nitrogens is 1. The second kappa shape index (κ2) is 5.99. The van der Waals surface area contributed by atoms with Crippen molar-refractivity contribution < 1.29 is 9.13 Å². The van der Waals surface area contributed by atoms with Crippen molar-refractivity contribution in [3.63, 3.8) is 0 Å². The second-order valence-corrected chi connectivity index (χ2v) is 4.77. The highest BCUT2D eigenvalue weighted by Crippen LogP contribution is 2.28. The van der Waals surface area contributed by atoms with Crippen LogP contribution in [0.2, 0.25) is 5.02 Å². The highest BCUT2D eigenvalue weighted by Gasteiger charge is 2.06. The third kappa shape index (κ3) is 3.91. The molecule has 1 unspecified atom stereocenters. The first-order valence-corrected chi connectivity index (χ1v) is 6.26. The summed E-state index contributed by atoms with van der Waals surface area (Å²) in [5, 5.41) is 0.210. The van der Waals surface area contributed by atoms with E-state index in [1.54, 1.807) is 12.3 Å². The molecule has 3 nitrogen and oxygen atoms in total. The number of halogens is 2. The number of hydrogen-bond acceptors (Lipinski definition) is 3. The van der Waals surface area contributed by atoms with Gasteiger partial charge in [-0.15, -0.1) is 0 Å². The van der Waals surface area contributed by atoms with Crippen molar-refractivity contribution in [2.45, 2.75) is 19.4 Å². The molecule has 2 rings (SSSR count). The lowest BCUT2D eigenvalue weighted by Crippen LogP contribution is -2.17. The van der Waals surface area contributed by atoms with E-state index in [1.165, 1.54) is 18.2 Å². The normalized spacial score (nSPS) is 12.2. The quantitative estimate of drug-likeness (QED) is 0.931. The molecule has 1 atom stereocenters. The lowest BCUT2D eigenvalue weighted by atomic mass is 10.1. The third-order valence-corrected chi connectivity index (χ3v) is 2.76. The minimum absolute atomic E-state index is 0.0834. The van der Waals surface area contributed by atoms with Crippen molar-refractivity contribution in [3.8, 4) is 11.6 Å². The average Bonchev–Trinajstić information content (AvgIpc) is 2.34. The number of nitrogens with zero attached hydrogens (tertiary/aromatic N) is 1. The number of pyridine rings is 1. The summed E-state index contributed by atoms with van der Waals surface area (Å²) in [7, 11) is 0. The average molecular weight is 281 g/mol. The lowest BCUT2D eigenvalue weighted by Gasteiger charge is -2.08. The van der Waals surface area contributed by atoms with E-state index in [4.69, 9.17) is 22.1 Å². The van der Waals surface area contributed by atoms with Gasteiger partial charge >= 0.3 is 0 Å². The van der Waals surface area contributed by atoms with E-state index in [0.717, 1.165) is 12.0 Å². The summed E-state index contributed by atoms with van der Waals surface area (Å²) < 4.78 is 18.4. The molecule has 1 aromatic heterocycles. The molecule has 0 aliphatic carbocycles. The molecule has 5 heteroatoms. The zero-order chi connectivity index (χ0) is 13.8. The number of ether oxygens (including phenoxy) is 1. The van der Waals surface area contributed by atoms with Crippen LogP contribution in [0.25, 0.3) is 0 Å². The van der Waals surface area contributed by atoms with E-state index in [2.05, 4.69) is 4.98 Å². The van der Waals surface area contributed by atoms with Crippen LogP contribution in [-0.2, 0) is 6.42 Å². The van der Waals surface area contributed by atoms with Gasteiger partial charge in [0.15, 0.2) is 0 Å². The maximum Gasteiger partial charge on any atom is 0.219 e. The summed E-state index contributed by atoms with van der Waals surface area (Å²) in [5.74, 6) is 0.370. The predicted octanol–water partition coefficient (Wildman–Crippen LogP) is 3.56. The monoisotopic (exact) mass is 280 g/mol. The fraction of sp³-hybridized carbons (Fsp3) is 0.214. The van der Waals surface area contributed by atoms with Crippen molar-refractivity contribution in [2.24, 2.45) is 5.73 Å². The molecule has 1 aromatic carbocycles. The maximum absolute atomic E-state index is 12.9. The van der Waals surface area contributed by atoms with Gasteiger partial charge in [0.25, 0.3) is 0 Å². The van der Waals surface area contributed by atoms with Gasteiger partial charge in [0.05, 0.1) is 5.02 Å². The number of hydrogen-bond donors (Lipinski definition) is 1. The number of rotatable bonds is 4. The summed E-state index contributed by atoms with van der Waals surface area (Å²) >= 11 is 5.87. The van der Waals surface area contributed by atoms with Crippen LogP contribution >= 0.6 is 11.6 Å². The van der Waals surface area contributed by atoms with Gasteiger partial charge in [-0.2, -0.15) is 0 Å². The van der Waals surface area contributed by atoms with Gasteiger partial charge in [-0.3, -0.25) is 0 Å². The Morgan fingerprint density at radius 1 is 1.37 bits per heavy atom. The van der Waals surface area contributed by atoms with Gasteiger partial charge in [0.2, 0.25) is 5.88 Å². The minimum atomic E-state index is -0.405. The van der Waals surface area contributed by atoms with Crippen LogP contribution in [0.3, 0.4) is 0 Å². The van der Waals surface area contributed by atoms with Gasteiger partial charge in [-0.05, 0) is 37.1 Å². The Kier molecular flexibility index (Phi) is 4.35. The zero-order valence-corrected chi connectivity index (χ0v) is 11.2. The molecule has 0 spiro atoms. The van der Waals surface area contributed by atoms with Crippen LogP contribution in [0.4, 0.5) is 4.39 Å². The molecule has 0 radical (unpaired) electrons. The molecule has 0 saturated heterocycles. The summed E-state index contributed by atoms with van der Waals surface area (Å²) in [5.41, 5.74) is 6.74. The van der Waals surface area contributed by atoms with E-state index in [1.807, 2.05) is 13.0 Å². The van der Waals surface area contributed by atoms with Crippen LogP contribution in [0.15, 0.2) is 36.5 Å². The highest BCUT2D eigenvalue weighted by atomic mass is 35.5. The fourth-order valence-electron chi connectivity index (χ4n) is 1.63. The molecule has 2 aromatic rings. The Morgan fingerprint density at radius 3 is 2.74 bits per heavy atom. The van der Waals surface area contributed by atoms with Crippen molar-refractivity contribution in [3.05, 3.63) is 52.9 Å². The highest BCUT2D eigenvalue weighted by molar-refractivity contribution is 6.32. The van der Waals surface area contributed by atoms with E-state index in [0.29, 0.717) is 11.6 Å². The summed E-state index contributed by atoms with van der Waals surface area (Å²) in [6.45, 7) is 1.93. The van der Waals surface area contributed by atoms with Crippen LogP contribution in [0, 0.1) is 5.82 Å². The molecule has 19 heavy (non-hydrogen) atoms. The Labute approximate surface area is 116 Å². The SMILES string of the molecule is CC(N)Cc1ccc(Oc2ccc(F)cc2Cl)nc1. The van der Waals surface area contributed by atoms with Crippen molar-refractivity contribution in [2.75, 3.05) is 0 Å². The Hall–Kier alpha value is -1.65. The van der Waals surface area contributed by atoms with Gasteiger partial charge < -0.3 is 10.5 Å². The molecular formula is C14H14ClFN2O. The Bertz CT molecular complexity index is 558. The van der Waals surface area contributed by atoms with Crippen molar-refractivity contribution >= 4 is 11.6 Å². The molecular weight excluding hydrogens is 267 g/mol. The fourth-order valence-corrected chi connectivity index (χ4v) is 1.84. The van der Waals surface area contributed by atoms with Crippen molar-refractivity contribution in [1.29, 1.82) is 0 Å². The standard InChI is InChI=1S/C14H14ClFN2O/c1-9(17)6-10-2-5-14(18-8-10)19-13-4-3-11(16)7-12(13)15/h2-5,7-9H,6,17H2,1H3. The molecule has 0 saturated carbocycles. The molecule has 0 bridgehead atoms. The van der Waals surface area contributed by atoms with Crippen LogP contribution in [0.5, 0.6) is 11.6 Å². The first kappa shape index (κ1) is 13.8. The van der Waals surface area contributed by atoms with Crippen LogP contribution in [-0.4, -0.2) is 11.0 Å². The lowest BCUT2D eigenvalue weighted by molar-refractivity contribution is 0.461. The molecule has 0 aliphatic heterocycles. The number of nitrogens with two attached hydrogens (primary N) is 1. The maximum atomic E-state index is 12.9. The molecule has 0 amide bonds. The zero-order valence-electron chi connectivity index (χ0n) is 10.4. The van der Waals surface area contributed by atoms with E-state index in [9.17, 15) is 4.39 Å². The smallest absolute Gasteiger partial charge is 0.219 e. The molecule has 0 aliphatic rings. The molecule has 100 valence electrons. The largest absolute Gasteiger partial charge is 0.437 e. The first-order chi connectivity index (χ1) is 9.04. The molecule has 0 fully saturated rings. The summed E-state index contributed by atoms with van der Waals surface area (Å²) in [4.78, 5) is 4.16. The van der Waals surface area contributed by atoms with Crippen LogP contribution in [0.1, 0.15) is 12.5 Å². The van der Waals surface area contributed by atoms with E-state index in [-0.39, 0.29) is 11.1 Å². The first-order valence-electron chi connectivity index (χ1n) is 5.88. The van der Waals surface area contributed by atoms with Gasteiger partial charge in [-0.25, -0.2) is 9.37 Å². The van der Waals surface area contributed by atoms with Gasteiger partial charge in [0, 0.05) is 18.3 Å². The van der Waals surface area contributed by atoms with Crippen LogP contribution < -0.4 is 10.5 Å². The molecule has 1 heterocycles. The predicted molar refractivity (Wildman–Crippen MR) is 73.1 cm³/mol. The summed E-state index contributed by atoms with van der Waals surface area (Å²) in [6.07, 6.45) is 2.46. The van der Waals surface area contributed by atoms with Crippen molar-refractivity contribution in [1.82, 2.24) is 4.98 Å². The number of benzene rings is 1. The minimum Gasteiger partial charge on any atom is -0.437 e. The topological polar surface area (TPSA) is 48.1 Å². The van der Waals surface area contributed by atoms with E-state index >= 15 is 0 Å². The van der Waals surface area contributed by atoms with Gasteiger partial charge in [-0.1, -0.05) is 17.7 Å². The Balaban J connectivity index is 2.10. The molecule has 2 N–H and O–H groups in total. The second-order valence-electron chi connectivity index (χ2n) is 4.36. The Morgan fingerprint density at radius 2 is 2.16 bits per heavy atom. The summed E-state index contributed by atoms with van der Waals surface area (Å²) in [6, 6.07) is 7.66. The van der Waals surface area contributed by atoms with E-state index < -0.39 is 5.82 Å². The third-order valence-electron chi connectivity index (χ3n) is 2.46. The van der Waals surface area contributed by atoms with Gasteiger partial charge in [0.1, 0.15) is 11.6 Å².